The van der Waals surface area contributed by atoms with Crippen molar-refractivity contribution in [1.82, 2.24) is 9.78 Å². The van der Waals surface area contributed by atoms with E-state index < -0.39 is 5.41 Å². The van der Waals surface area contributed by atoms with Gasteiger partial charge in [-0.05, 0) is 42.3 Å². The van der Waals surface area contributed by atoms with Crippen molar-refractivity contribution in [2.24, 2.45) is 5.41 Å². The van der Waals surface area contributed by atoms with Gasteiger partial charge in [-0.25, -0.2) is 0 Å². The van der Waals surface area contributed by atoms with Crippen LogP contribution in [0.5, 0.6) is 0 Å². The van der Waals surface area contributed by atoms with Gasteiger partial charge >= 0.3 is 0 Å². The Bertz CT molecular complexity index is 984. The van der Waals surface area contributed by atoms with Gasteiger partial charge in [-0.3, -0.25) is 14.3 Å². The molecule has 7 heteroatoms. The Morgan fingerprint density at radius 2 is 1.93 bits per heavy atom. The molecule has 6 nitrogen and oxygen atoms in total. The van der Waals surface area contributed by atoms with Crippen LogP contribution in [0.1, 0.15) is 41.6 Å². The summed E-state index contributed by atoms with van der Waals surface area (Å²) in [4.78, 5) is 25.5. The summed E-state index contributed by atoms with van der Waals surface area (Å²) in [6.07, 6.45) is 3.63. The first kappa shape index (κ1) is 19.8. The second-order valence-corrected chi connectivity index (χ2v) is 8.74. The number of benzene rings is 1. The van der Waals surface area contributed by atoms with Crippen LogP contribution in [0, 0.1) is 12.3 Å². The predicted molar refractivity (Wildman–Crippen MR) is 113 cm³/mol. The number of nitrogens with one attached hydrogen (secondary N) is 2. The van der Waals surface area contributed by atoms with Crippen molar-refractivity contribution >= 4 is 33.8 Å². The van der Waals surface area contributed by atoms with Crippen molar-refractivity contribution < 1.29 is 9.59 Å². The first-order chi connectivity index (χ1) is 13.2. The maximum absolute atomic E-state index is 12.7. The molecule has 0 fully saturated rings. The Morgan fingerprint density at radius 3 is 2.61 bits per heavy atom. The third-order valence-corrected chi connectivity index (χ3v) is 5.28. The number of nitrogens with zero attached hydrogens (tertiary/aromatic N) is 2. The van der Waals surface area contributed by atoms with Crippen molar-refractivity contribution in [3.05, 3.63) is 64.8 Å². The summed E-state index contributed by atoms with van der Waals surface area (Å²) in [6.45, 7) is 8.07. The number of aromatic nitrogens is 2. The van der Waals surface area contributed by atoms with Crippen molar-refractivity contribution in [2.45, 2.75) is 34.2 Å². The third kappa shape index (κ3) is 4.86. The molecule has 2 amide bonds. The molecule has 0 bridgehead atoms. The highest BCUT2D eigenvalue weighted by atomic mass is 32.1. The molecule has 0 atom stereocenters. The van der Waals surface area contributed by atoms with Gasteiger partial charge in [-0.1, -0.05) is 32.9 Å². The summed E-state index contributed by atoms with van der Waals surface area (Å²) < 4.78 is 1.83. The summed E-state index contributed by atoms with van der Waals surface area (Å²) in [6, 6.07) is 11.4. The molecule has 0 aliphatic rings. The van der Waals surface area contributed by atoms with Crippen LogP contribution in [0.3, 0.4) is 0 Å². The number of rotatable bonds is 5. The second kappa shape index (κ2) is 7.98. The fraction of sp³-hybridized carbons (Fsp3) is 0.286. The minimum absolute atomic E-state index is 0.0768. The molecule has 146 valence electrons. The molecule has 3 aromatic rings. The van der Waals surface area contributed by atoms with E-state index in [-0.39, 0.29) is 11.8 Å². The molecule has 0 unspecified atom stereocenters. The minimum atomic E-state index is -0.491. The summed E-state index contributed by atoms with van der Waals surface area (Å²) in [7, 11) is 0. The predicted octanol–water partition coefficient (Wildman–Crippen LogP) is 4.54. The van der Waals surface area contributed by atoms with E-state index in [4.69, 9.17) is 0 Å². The highest BCUT2D eigenvalue weighted by Gasteiger charge is 2.23. The van der Waals surface area contributed by atoms with E-state index in [1.807, 2.05) is 75.0 Å². The number of hydrogen-bond donors (Lipinski definition) is 2. The molecule has 0 saturated carbocycles. The number of aryl methyl sites for hydroxylation is 1. The average Bonchev–Trinajstić information content (AvgIpc) is 3.24. The largest absolute Gasteiger partial charge is 0.321 e. The third-order valence-electron chi connectivity index (χ3n) is 4.13. The van der Waals surface area contributed by atoms with Gasteiger partial charge in [-0.15, -0.1) is 11.3 Å². The molecule has 0 saturated heterocycles. The zero-order chi connectivity index (χ0) is 20.3. The number of anilines is 2. The van der Waals surface area contributed by atoms with Crippen molar-refractivity contribution in [2.75, 3.05) is 10.6 Å². The highest BCUT2D eigenvalue weighted by Crippen LogP contribution is 2.29. The molecule has 2 aromatic heterocycles. The molecular weight excluding hydrogens is 372 g/mol. The normalized spacial score (nSPS) is 11.3. The molecular formula is C21H24N4O2S. The van der Waals surface area contributed by atoms with E-state index in [9.17, 15) is 9.59 Å². The van der Waals surface area contributed by atoms with Gasteiger partial charge in [0.25, 0.3) is 5.91 Å². The first-order valence-corrected chi connectivity index (χ1v) is 9.83. The van der Waals surface area contributed by atoms with Crippen LogP contribution in [-0.2, 0) is 11.3 Å². The molecule has 0 radical (unpaired) electrons. The lowest BCUT2D eigenvalue weighted by Crippen LogP contribution is -2.27. The fourth-order valence-corrected chi connectivity index (χ4v) is 3.55. The van der Waals surface area contributed by atoms with Gasteiger partial charge in [0.05, 0.1) is 16.4 Å². The standard InChI is InChI=1S/C21H24N4O2S/c1-14-11-17(24-20(27)21(2,3)4)28-18(14)19(26)23-16-8-5-7-15(12-16)13-25-10-6-9-22-25/h5-12H,13H2,1-4H3,(H,23,26)(H,24,27). The van der Waals surface area contributed by atoms with Crippen molar-refractivity contribution in [3.8, 4) is 0 Å². The van der Waals surface area contributed by atoms with Crippen LogP contribution in [0.4, 0.5) is 10.7 Å². The SMILES string of the molecule is Cc1cc(NC(=O)C(C)(C)C)sc1C(=O)Nc1cccc(Cn2cccn2)c1. The van der Waals surface area contributed by atoms with Gasteiger partial charge in [0.1, 0.15) is 0 Å². The topological polar surface area (TPSA) is 76.0 Å². The van der Waals surface area contributed by atoms with E-state index in [1.165, 1.54) is 11.3 Å². The van der Waals surface area contributed by atoms with Crippen LogP contribution in [0.25, 0.3) is 0 Å². The van der Waals surface area contributed by atoms with Crippen LogP contribution in [0.15, 0.2) is 48.8 Å². The van der Waals surface area contributed by atoms with Crippen LogP contribution >= 0.6 is 11.3 Å². The number of thiophene rings is 1. The molecule has 3 rings (SSSR count). The van der Waals surface area contributed by atoms with Gasteiger partial charge in [-0.2, -0.15) is 5.10 Å². The zero-order valence-corrected chi connectivity index (χ0v) is 17.3. The first-order valence-electron chi connectivity index (χ1n) is 9.02. The zero-order valence-electron chi connectivity index (χ0n) is 16.4. The molecule has 1 aromatic carbocycles. The second-order valence-electron chi connectivity index (χ2n) is 7.69. The Morgan fingerprint density at radius 1 is 1.14 bits per heavy atom. The van der Waals surface area contributed by atoms with E-state index in [0.717, 1.165) is 16.8 Å². The lowest BCUT2D eigenvalue weighted by molar-refractivity contribution is -0.123. The van der Waals surface area contributed by atoms with E-state index >= 15 is 0 Å². The molecule has 2 N–H and O–H groups in total. The van der Waals surface area contributed by atoms with E-state index in [2.05, 4.69) is 15.7 Å². The quantitative estimate of drug-likeness (QED) is 0.665. The summed E-state index contributed by atoms with van der Waals surface area (Å²) in [5.74, 6) is -0.262. The fourth-order valence-electron chi connectivity index (χ4n) is 2.58. The Kier molecular flexibility index (Phi) is 5.65. The molecule has 0 aliphatic carbocycles. The Balaban J connectivity index is 1.70. The smallest absolute Gasteiger partial charge is 0.266 e. The van der Waals surface area contributed by atoms with Crippen LogP contribution in [-0.4, -0.2) is 21.6 Å². The van der Waals surface area contributed by atoms with Crippen molar-refractivity contribution in [1.29, 1.82) is 0 Å². The number of carbonyl (C=O) groups excluding carboxylic acids is 2. The van der Waals surface area contributed by atoms with E-state index in [1.54, 1.807) is 6.20 Å². The highest BCUT2D eigenvalue weighted by molar-refractivity contribution is 7.18. The van der Waals surface area contributed by atoms with E-state index in [0.29, 0.717) is 16.4 Å². The lowest BCUT2D eigenvalue weighted by atomic mass is 9.96. The molecule has 2 heterocycles. The van der Waals surface area contributed by atoms with Crippen LogP contribution in [0.2, 0.25) is 0 Å². The number of amides is 2. The van der Waals surface area contributed by atoms with Gasteiger partial charge in [0, 0.05) is 23.5 Å². The summed E-state index contributed by atoms with van der Waals surface area (Å²) in [5, 5.41) is 10.7. The molecule has 0 aliphatic heterocycles. The molecule has 0 spiro atoms. The van der Waals surface area contributed by atoms with Crippen molar-refractivity contribution in [3.63, 3.8) is 0 Å². The lowest BCUT2D eigenvalue weighted by Gasteiger charge is -2.16. The summed E-state index contributed by atoms with van der Waals surface area (Å²) in [5.41, 5.74) is 2.11. The maximum Gasteiger partial charge on any atom is 0.266 e. The van der Waals surface area contributed by atoms with Gasteiger partial charge in [0.15, 0.2) is 0 Å². The number of hydrogen-bond acceptors (Lipinski definition) is 4. The van der Waals surface area contributed by atoms with Gasteiger partial charge < -0.3 is 10.6 Å². The van der Waals surface area contributed by atoms with Crippen LogP contribution < -0.4 is 10.6 Å². The summed E-state index contributed by atoms with van der Waals surface area (Å²) >= 11 is 1.28. The Labute approximate surface area is 168 Å². The minimum Gasteiger partial charge on any atom is -0.321 e. The Hall–Kier alpha value is -2.93. The van der Waals surface area contributed by atoms with Gasteiger partial charge in [0.2, 0.25) is 5.91 Å². The monoisotopic (exact) mass is 396 g/mol. The number of carbonyl (C=O) groups is 2. The maximum atomic E-state index is 12.7. The average molecular weight is 397 g/mol. The molecule has 28 heavy (non-hydrogen) atoms.